The molecule has 2 aromatic heterocycles. The second kappa shape index (κ2) is 10.9. The standard InChI is InChI=1S/C29H29N7O6S/c1-16-20-7-8-23(22(20)6-5-21(16)28(39)40)33-27(38)25-12-24(34-29-31-15-32-36(25)29)26(37)30-13-17-3-4-18-9-10-35(43(2,41)42)14-19(18)11-17/h3-6,11-12,15,23H,7-10,13-14H2,1-2H3,(H,30,37)(H,33,38)(H,39,40)/t23-/m0/s1. The molecule has 0 saturated heterocycles. The summed E-state index contributed by atoms with van der Waals surface area (Å²) in [5.74, 6) is -1.90. The lowest BCUT2D eigenvalue weighted by Gasteiger charge is -2.27. The van der Waals surface area contributed by atoms with Crippen LogP contribution in [0.15, 0.2) is 42.7 Å². The number of sulfonamides is 1. The number of fused-ring (bicyclic) bond motifs is 3. The Balaban J connectivity index is 1.19. The van der Waals surface area contributed by atoms with Gasteiger partial charge in [0.2, 0.25) is 10.0 Å². The number of hydrogen-bond donors (Lipinski definition) is 3. The Hall–Kier alpha value is -4.69. The zero-order valence-corrected chi connectivity index (χ0v) is 24.3. The number of carbonyl (C=O) groups is 3. The van der Waals surface area contributed by atoms with Crippen molar-refractivity contribution < 1.29 is 27.9 Å². The zero-order chi connectivity index (χ0) is 30.5. The second-order valence-corrected chi connectivity index (χ2v) is 12.8. The molecule has 2 aromatic carbocycles. The predicted octanol–water partition coefficient (Wildman–Crippen LogP) is 1.80. The van der Waals surface area contributed by atoms with Gasteiger partial charge in [-0.15, -0.1) is 0 Å². The van der Waals surface area contributed by atoms with Crippen LogP contribution in [0.3, 0.4) is 0 Å². The third-order valence-corrected chi connectivity index (χ3v) is 9.37. The lowest BCUT2D eigenvalue weighted by Crippen LogP contribution is -2.35. The van der Waals surface area contributed by atoms with Crippen molar-refractivity contribution in [3.8, 4) is 0 Å². The van der Waals surface area contributed by atoms with E-state index in [9.17, 15) is 27.9 Å². The fourth-order valence-electron chi connectivity index (χ4n) is 5.83. The summed E-state index contributed by atoms with van der Waals surface area (Å²) < 4.78 is 26.7. The van der Waals surface area contributed by atoms with Crippen LogP contribution in [-0.2, 0) is 36.0 Å². The van der Waals surface area contributed by atoms with E-state index in [1.165, 1.54) is 27.5 Å². The van der Waals surface area contributed by atoms with Crippen molar-refractivity contribution in [2.24, 2.45) is 0 Å². The Morgan fingerprint density at radius 3 is 2.65 bits per heavy atom. The molecule has 0 unspecified atom stereocenters. The minimum absolute atomic E-state index is 0.0133. The number of hydrogen-bond acceptors (Lipinski definition) is 8. The Kier molecular flexibility index (Phi) is 7.18. The van der Waals surface area contributed by atoms with Crippen molar-refractivity contribution in [2.45, 2.75) is 45.3 Å². The maximum absolute atomic E-state index is 13.5. The highest BCUT2D eigenvalue weighted by atomic mass is 32.2. The molecule has 0 bridgehead atoms. The predicted molar refractivity (Wildman–Crippen MR) is 154 cm³/mol. The monoisotopic (exact) mass is 603 g/mol. The number of aromatic nitrogens is 4. The van der Waals surface area contributed by atoms with Crippen LogP contribution in [0.4, 0.5) is 0 Å². The van der Waals surface area contributed by atoms with Gasteiger partial charge in [0.05, 0.1) is 17.9 Å². The van der Waals surface area contributed by atoms with Crippen LogP contribution >= 0.6 is 0 Å². The van der Waals surface area contributed by atoms with Gasteiger partial charge in [-0.1, -0.05) is 24.3 Å². The van der Waals surface area contributed by atoms with E-state index in [1.807, 2.05) is 18.2 Å². The fourth-order valence-corrected chi connectivity index (χ4v) is 6.63. The molecule has 222 valence electrons. The molecule has 4 aromatic rings. The Morgan fingerprint density at radius 1 is 1.07 bits per heavy atom. The number of carboxylic acid groups (broad SMARTS) is 1. The molecule has 1 aliphatic carbocycles. The molecule has 0 saturated carbocycles. The highest BCUT2D eigenvalue weighted by molar-refractivity contribution is 7.88. The first-order chi connectivity index (χ1) is 20.5. The van der Waals surface area contributed by atoms with E-state index < -0.39 is 27.8 Å². The zero-order valence-electron chi connectivity index (χ0n) is 23.5. The molecular formula is C29H29N7O6S. The minimum atomic E-state index is -3.31. The molecule has 0 radical (unpaired) electrons. The SMILES string of the molecule is Cc1c(C(=O)O)ccc2c1CC[C@@H]2NC(=O)c1cc(C(=O)NCc2ccc3c(c2)CN(S(C)(=O)=O)CC3)nc2ncnn12. The fraction of sp³-hybridized carbons (Fsp3) is 0.310. The molecule has 6 rings (SSSR count). The van der Waals surface area contributed by atoms with Crippen LogP contribution in [0.1, 0.15) is 77.2 Å². The van der Waals surface area contributed by atoms with Gasteiger partial charge in [0.15, 0.2) is 0 Å². The lowest BCUT2D eigenvalue weighted by molar-refractivity contribution is 0.0695. The quantitative estimate of drug-likeness (QED) is 0.284. The van der Waals surface area contributed by atoms with Crippen molar-refractivity contribution in [3.63, 3.8) is 0 Å². The molecule has 2 amide bonds. The summed E-state index contributed by atoms with van der Waals surface area (Å²) >= 11 is 0. The van der Waals surface area contributed by atoms with Gasteiger partial charge in [0.1, 0.15) is 17.7 Å². The molecule has 3 N–H and O–H groups in total. The van der Waals surface area contributed by atoms with E-state index in [0.717, 1.165) is 27.8 Å². The summed E-state index contributed by atoms with van der Waals surface area (Å²) in [6, 6.07) is 10.0. The number of benzene rings is 2. The van der Waals surface area contributed by atoms with Crippen LogP contribution in [0.5, 0.6) is 0 Å². The van der Waals surface area contributed by atoms with Gasteiger partial charge in [-0.05, 0) is 65.6 Å². The summed E-state index contributed by atoms with van der Waals surface area (Å²) in [4.78, 5) is 46.5. The molecule has 1 aliphatic heterocycles. The molecule has 43 heavy (non-hydrogen) atoms. The molecule has 13 nitrogen and oxygen atoms in total. The van der Waals surface area contributed by atoms with Crippen LogP contribution in [0.2, 0.25) is 0 Å². The van der Waals surface area contributed by atoms with E-state index in [2.05, 4.69) is 25.7 Å². The van der Waals surface area contributed by atoms with E-state index in [1.54, 1.807) is 19.1 Å². The first kappa shape index (κ1) is 28.4. The number of nitrogens with one attached hydrogen (secondary N) is 2. The summed E-state index contributed by atoms with van der Waals surface area (Å²) in [5, 5.41) is 19.4. The van der Waals surface area contributed by atoms with E-state index in [4.69, 9.17) is 0 Å². The highest BCUT2D eigenvalue weighted by Crippen LogP contribution is 2.35. The molecule has 14 heteroatoms. The third-order valence-electron chi connectivity index (χ3n) is 8.12. The average Bonchev–Trinajstić information content (AvgIpc) is 3.62. The number of carbonyl (C=O) groups excluding carboxylic acids is 2. The minimum Gasteiger partial charge on any atom is -0.478 e. The van der Waals surface area contributed by atoms with Crippen LogP contribution in [-0.4, -0.2) is 68.0 Å². The second-order valence-electron chi connectivity index (χ2n) is 10.8. The van der Waals surface area contributed by atoms with Gasteiger partial charge >= 0.3 is 5.97 Å². The van der Waals surface area contributed by atoms with Gasteiger partial charge in [0.25, 0.3) is 17.6 Å². The number of aromatic carboxylic acids is 1. The van der Waals surface area contributed by atoms with Crippen LogP contribution in [0.25, 0.3) is 5.78 Å². The molecule has 2 aliphatic rings. The molecule has 1 atom stereocenters. The van der Waals surface area contributed by atoms with E-state index in [0.29, 0.717) is 31.4 Å². The topological polar surface area (TPSA) is 176 Å². The van der Waals surface area contributed by atoms with Gasteiger partial charge in [-0.2, -0.15) is 18.9 Å². The maximum atomic E-state index is 13.5. The summed E-state index contributed by atoms with van der Waals surface area (Å²) in [6.45, 7) is 2.66. The molecular weight excluding hydrogens is 574 g/mol. The van der Waals surface area contributed by atoms with Gasteiger partial charge in [-0.25, -0.2) is 18.2 Å². The summed E-state index contributed by atoms with van der Waals surface area (Å²) in [7, 11) is -3.31. The summed E-state index contributed by atoms with van der Waals surface area (Å²) in [6.07, 6.45) is 4.30. The Morgan fingerprint density at radius 2 is 1.88 bits per heavy atom. The Labute approximate surface area is 247 Å². The van der Waals surface area contributed by atoms with Crippen LogP contribution in [0, 0.1) is 6.92 Å². The smallest absolute Gasteiger partial charge is 0.335 e. The maximum Gasteiger partial charge on any atom is 0.335 e. The van der Waals surface area contributed by atoms with Gasteiger partial charge < -0.3 is 15.7 Å². The molecule has 0 fully saturated rings. The number of amides is 2. The molecule has 0 spiro atoms. The largest absolute Gasteiger partial charge is 0.478 e. The van der Waals surface area contributed by atoms with Crippen LogP contribution < -0.4 is 10.6 Å². The van der Waals surface area contributed by atoms with E-state index >= 15 is 0 Å². The lowest BCUT2D eigenvalue weighted by atomic mass is 9.98. The first-order valence-corrected chi connectivity index (χ1v) is 15.6. The van der Waals surface area contributed by atoms with E-state index in [-0.39, 0.29) is 41.9 Å². The summed E-state index contributed by atoms with van der Waals surface area (Å²) in [5.41, 5.74) is 5.54. The Bertz CT molecular complexity index is 1920. The van der Waals surface area contributed by atoms with Gasteiger partial charge in [0, 0.05) is 25.7 Å². The number of carboxylic acids is 1. The number of rotatable bonds is 7. The first-order valence-electron chi connectivity index (χ1n) is 13.7. The van der Waals surface area contributed by atoms with Crippen molar-refractivity contribution in [2.75, 3.05) is 12.8 Å². The highest BCUT2D eigenvalue weighted by Gasteiger charge is 2.29. The van der Waals surface area contributed by atoms with Crippen molar-refractivity contribution in [1.82, 2.24) is 34.5 Å². The van der Waals surface area contributed by atoms with Gasteiger partial charge in [-0.3, -0.25) is 9.59 Å². The third kappa shape index (κ3) is 5.46. The van der Waals surface area contributed by atoms with Crippen molar-refractivity contribution in [3.05, 3.63) is 93.1 Å². The average molecular weight is 604 g/mol. The van der Waals surface area contributed by atoms with Crippen molar-refractivity contribution in [1.29, 1.82) is 0 Å². The number of nitrogens with zero attached hydrogens (tertiary/aromatic N) is 5. The van der Waals surface area contributed by atoms with Crippen molar-refractivity contribution >= 4 is 33.6 Å². The normalized spacial score (nSPS) is 16.5. The molecule has 3 heterocycles.